The molecule has 1 atom stereocenters. The molecular weight excluding hydrogens is 474 g/mol. The molecule has 2 amide bonds. The fraction of sp³-hybridized carbons (Fsp3) is 0.440. The Hall–Kier alpha value is -2.58. The van der Waals surface area contributed by atoms with E-state index in [0.717, 1.165) is 21.7 Å². The van der Waals surface area contributed by atoms with Gasteiger partial charge in [0.2, 0.25) is 21.8 Å². The molecule has 9 heteroatoms. The minimum atomic E-state index is -3.77. The lowest BCUT2D eigenvalue weighted by Crippen LogP contribution is -2.51. The zero-order chi connectivity index (χ0) is 25.6. The molecule has 186 valence electrons. The van der Waals surface area contributed by atoms with Crippen molar-refractivity contribution < 1.29 is 18.0 Å². The van der Waals surface area contributed by atoms with Crippen molar-refractivity contribution in [1.82, 2.24) is 10.2 Å². The lowest BCUT2D eigenvalue weighted by Gasteiger charge is -2.32. The SMILES string of the molecule is Cc1ccc(N(CC(=O)N(Cc2ccccc2Cl)C(C)C(=O)NCC(C)C)S(C)(=O)=O)c(C)c1. The minimum Gasteiger partial charge on any atom is -0.354 e. The number of benzene rings is 2. The van der Waals surface area contributed by atoms with E-state index in [0.29, 0.717) is 22.8 Å². The second kappa shape index (κ2) is 11.7. The predicted molar refractivity (Wildman–Crippen MR) is 137 cm³/mol. The van der Waals surface area contributed by atoms with E-state index in [1.165, 1.54) is 4.90 Å². The van der Waals surface area contributed by atoms with Gasteiger partial charge in [0.1, 0.15) is 12.6 Å². The monoisotopic (exact) mass is 507 g/mol. The first kappa shape index (κ1) is 27.7. The standard InChI is InChI=1S/C25H34ClN3O4S/c1-17(2)14-27-25(31)20(5)28(15-21-9-7-8-10-22(21)26)24(30)16-29(34(6,32)33)23-12-11-18(3)13-19(23)4/h7-13,17,20H,14-16H2,1-6H3,(H,27,31). The van der Waals surface area contributed by atoms with Crippen molar-refractivity contribution in [2.75, 3.05) is 23.7 Å². The van der Waals surface area contributed by atoms with Crippen molar-refractivity contribution in [1.29, 1.82) is 0 Å². The Labute approximate surface area is 208 Å². The highest BCUT2D eigenvalue weighted by Gasteiger charge is 2.30. The van der Waals surface area contributed by atoms with Crippen LogP contribution in [0.3, 0.4) is 0 Å². The molecule has 0 saturated heterocycles. The first-order chi connectivity index (χ1) is 15.8. The summed E-state index contributed by atoms with van der Waals surface area (Å²) in [4.78, 5) is 27.8. The summed E-state index contributed by atoms with van der Waals surface area (Å²) in [6.07, 6.45) is 1.07. The van der Waals surface area contributed by atoms with E-state index in [1.54, 1.807) is 50.2 Å². The molecule has 0 bridgehead atoms. The maximum absolute atomic E-state index is 13.5. The summed E-state index contributed by atoms with van der Waals surface area (Å²) in [5.41, 5.74) is 2.81. The smallest absolute Gasteiger partial charge is 0.244 e. The number of sulfonamides is 1. The number of nitrogens with one attached hydrogen (secondary N) is 1. The van der Waals surface area contributed by atoms with Gasteiger partial charge in [-0.05, 0) is 49.9 Å². The summed E-state index contributed by atoms with van der Waals surface area (Å²) in [6.45, 7) is 9.40. The van der Waals surface area contributed by atoms with Crippen LogP contribution in [0.2, 0.25) is 5.02 Å². The number of aryl methyl sites for hydroxylation is 2. The van der Waals surface area contributed by atoms with E-state index >= 15 is 0 Å². The van der Waals surface area contributed by atoms with Gasteiger partial charge in [0.15, 0.2) is 0 Å². The Bertz CT molecular complexity index is 1130. The van der Waals surface area contributed by atoms with Crippen LogP contribution in [0.4, 0.5) is 5.69 Å². The quantitative estimate of drug-likeness (QED) is 0.528. The summed E-state index contributed by atoms with van der Waals surface area (Å²) in [5, 5.41) is 3.31. The van der Waals surface area contributed by atoms with Crippen LogP contribution in [-0.4, -0.2) is 50.5 Å². The number of nitrogens with zero attached hydrogens (tertiary/aromatic N) is 2. The predicted octanol–water partition coefficient (Wildman–Crippen LogP) is 3.91. The zero-order valence-corrected chi connectivity index (χ0v) is 22.2. The van der Waals surface area contributed by atoms with E-state index in [9.17, 15) is 18.0 Å². The normalized spacial score (nSPS) is 12.4. The molecule has 34 heavy (non-hydrogen) atoms. The Morgan fingerprint density at radius 2 is 1.71 bits per heavy atom. The molecular formula is C25H34ClN3O4S. The van der Waals surface area contributed by atoms with Crippen molar-refractivity contribution in [2.45, 2.75) is 47.2 Å². The van der Waals surface area contributed by atoms with Gasteiger partial charge in [-0.2, -0.15) is 0 Å². The molecule has 0 fully saturated rings. The van der Waals surface area contributed by atoms with Crippen molar-refractivity contribution in [3.8, 4) is 0 Å². The van der Waals surface area contributed by atoms with Crippen LogP contribution in [0.5, 0.6) is 0 Å². The molecule has 2 rings (SSSR count). The summed E-state index contributed by atoms with van der Waals surface area (Å²) in [5.74, 6) is -0.571. The van der Waals surface area contributed by atoms with Gasteiger partial charge in [0.25, 0.3) is 0 Å². The van der Waals surface area contributed by atoms with Gasteiger partial charge in [-0.25, -0.2) is 8.42 Å². The van der Waals surface area contributed by atoms with Gasteiger partial charge >= 0.3 is 0 Å². The summed E-state index contributed by atoms with van der Waals surface area (Å²) >= 11 is 6.32. The van der Waals surface area contributed by atoms with Crippen LogP contribution in [0, 0.1) is 19.8 Å². The van der Waals surface area contributed by atoms with Crippen molar-refractivity contribution in [3.63, 3.8) is 0 Å². The highest BCUT2D eigenvalue weighted by atomic mass is 35.5. The number of anilines is 1. The van der Waals surface area contributed by atoms with E-state index < -0.39 is 28.5 Å². The second-order valence-corrected chi connectivity index (χ2v) is 11.3. The average Bonchev–Trinajstić information content (AvgIpc) is 2.74. The van der Waals surface area contributed by atoms with E-state index in [2.05, 4.69) is 5.32 Å². The van der Waals surface area contributed by atoms with Gasteiger partial charge in [-0.15, -0.1) is 0 Å². The fourth-order valence-electron chi connectivity index (χ4n) is 3.53. The highest BCUT2D eigenvalue weighted by Crippen LogP contribution is 2.25. The number of hydrogen-bond acceptors (Lipinski definition) is 4. The van der Waals surface area contributed by atoms with Crippen molar-refractivity contribution in [3.05, 3.63) is 64.2 Å². The highest BCUT2D eigenvalue weighted by molar-refractivity contribution is 7.92. The minimum absolute atomic E-state index is 0.0687. The largest absolute Gasteiger partial charge is 0.354 e. The van der Waals surface area contributed by atoms with Crippen molar-refractivity contribution in [2.24, 2.45) is 5.92 Å². The molecule has 0 heterocycles. The molecule has 1 N–H and O–H groups in total. The van der Waals surface area contributed by atoms with Gasteiger partial charge in [0.05, 0.1) is 11.9 Å². The lowest BCUT2D eigenvalue weighted by atomic mass is 10.1. The second-order valence-electron chi connectivity index (χ2n) is 8.99. The lowest BCUT2D eigenvalue weighted by molar-refractivity contribution is -0.139. The van der Waals surface area contributed by atoms with E-state index in [1.807, 2.05) is 26.8 Å². The van der Waals surface area contributed by atoms with Gasteiger partial charge in [-0.1, -0.05) is 61.3 Å². The fourth-order valence-corrected chi connectivity index (χ4v) is 4.63. The number of hydrogen-bond donors (Lipinski definition) is 1. The number of carbonyl (C=O) groups is 2. The maximum atomic E-state index is 13.5. The van der Waals surface area contributed by atoms with Crippen LogP contribution in [0.15, 0.2) is 42.5 Å². The molecule has 7 nitrogen and oxygen atoms in total. The third kappa shape index (κ3) is 7.46. The van der Waals surface area contributed by atoms with Gasteiger partial charge in [-0.3, -0.25) is 13.9 Å². The topological polar surface area (TPSA) is 86.8 Å². The van der Waals surface area contributed by atoms with Crippen LogP contribution in [0.25, 0.3) is 0 Å². The van der Waals surface area contributed by atoms with E-state index in [4.69, 9.17) is 11.6 Å². The van der Waals surface area contributed by atoms with Crippen LogP contribution in [-0.2, 0) is 26.2 Å². The van der Waals surface area contributed by atoms with Crippen LogP contribution >= 0.6 is 11.6 Å². The third-order valence-electron chi connectivity index (χ3n) is 5.45. The Morgan fingerprint density at radius 3 is 2.26 bits per heavy atom. The first-order valence-corrected chi connectivity index (χ1v) is 13.4. The Morgan fingerprint density at radius 1 is 1.06 bits per heavy atom. The van der Waals surface area contributed by atoms with Crippen molar-refractivity contribution >= 4 is 39.1 Å². The summed E-state index contributed by atoms with van der Waals surface area (Å²) < 4.78 is 26.4. The van der Waals surface area contributed by atoms with E-state index in [-0.39, 0.29) is 18.4 Å². The average molecular weight is 508 g/mol. The Kier molecular flexibility index (Phi) is 9.53. The number of rotatable bonds is 10. The molecule has 2 aromatic carbocycles. The summed E-state index contributed by atoms with van der Waals surface area (Å²) in [6, 6.07) is 11.6. The number of amides is 2. The summed E-state index contributed by atoms with van der Waals surface area (Å²) in [7, 11) is -3.77. The molecule has 0 spiro atoms. The van der Waals surface area contributed by atoms with Gasteiger partial charge < -0.3 is 10.2 Å². The Balaban J connectivity index is 2.41. The molecule has 0 radical (unpaired) electrons. The maximum Gasteiger partial charge on any atom is 0.244 e. The first-order valence-electron chi connectivity index (χ1n) is 11.2. The molecule has 0 aliphatic rings. The molecule has 1 unspecified atom stereocenters. The molecule has 0 saturated carbocycles. The zero-order valence-electron chi connectivity index (χ0n) is 20.6. The molecule has 0 aliphatic heterocycles. The molecule has 0 aliphatic carbocycles. The molecule has 2 aromatic rings. The van der Waals surface area contributed by atoms with Crippen LogP contribution < -0.4 is 9.62 Å². The van der Waals surface area contributed by atoms with Gasteiger partial charge in [0, 0.05) is 18.1 Å². The number of carbonyl (C=O) groups excluding carboxylic acids is 2. The van der Waals surface area contributed by atoms with Crippen LogP contribution in [0.1, 0.15) is 37.5 Å². The third-order valence-corrected chi connectivity index (χ3v) is 6.95. The molecule has 0 aromatic heterocycles. The number of halogens is 1.